The molecule has 0 fully saturated rings. The Balaban J connectivity index is 3.68. The Bertz CT molecular complexity index is 108. The molecule has 0 bridgehead atoms. The Hall–Kier alpha value is 0.0569. The van der Waals surface area contributed by atoms with E-state index in [1.165, 1.54) is 0 Å². The van der Waals surface area contributed by atoms with E-state index < -0.39 is 8.80 Å². The normalized spacial score (nSPS) is 12.0. The third kappa shape index (κ3) is 4.73. The maximum Gasteiger partial charge on any atom is 0.502 e. The minimum Gasteiger partial charge on any atom is -0.381 e. The van der Waals surface area contributed by atoms with Crippen molar-refractivity contribution < 1.29 is 18.0 Å². The lowest BCUT2D eigenvalue weighted by Crippen LogP contribution is -2.43. The van der Waals surface area contributed by atoms with Gasteiger partial charge in [-0.1, -0.05) is 6.92 Å². The first-order valence-electron chi connectivity index (χ1n) is 4.48. The van der Waals surface area contributed by atoms with Crippen molar-refractivity contribution >= 4 is 8.80 Å². The molecule has 4 nitrogen and oxygen atoms in total. The first-order valence-corrected chi connectivity index (χ1v) is 6.41. The second kappa shape index (κ2) is 7.46. The standard InChI is InChI=1S/C8H20O4Si/c1-5-6-12-7-8-13(9-2,10-3)11-4/h5-8H2,1-4H3. The predicted molar refractivity (Wildman–Crippen MR) is 52.7 cm³/mol. The highest BCUT2D eigenvalue weighted by Gasteiger charge is 2.37. The zero-order valence-corrected chi connectivity index (χ0v) is 9.96. The molecule has 0 rings (SSSR count). The van der Waals surface area contributed by atoms with Crippen LogP contribution in [0, 0.1) is 0 Å². The molecule has 0 radical (unpaired) electrons. The van der Waals surface area contributed by atoms with Crippen molar-refractivity contribution in [2.45, 2.75) is 19.4 Å². The molecule has 0 aliphatic heterocycles. The van der Waals surface area contributed by atoms with E-state index in [1.54, 1.807) is 21.3 Å². The maximum absolute atomic E-state index is 5.34. The SMILES string of the molecule is CCCOCC[Si](OC)(OC)OC. The summed E-state index contributed by atoms with van der Waals surface area (Å²) in [5.41, 5.74) is 0. The molecule has 0 saturated carbocycles. The third-order valence-electron chi connectivity index (χ3n) is 1.83. The van der Waals surface area contributed by atoms with Crippen molar-refractivity contribution in [3.05, 3.63) is 0 Å². The largest absolute Gasteiger partial charge is 0.502 e. The monoisotopic (exact) mass is 208 g/mol. The van der Waals surface area contributed by atoms with Gasteiger partial charge in [0.1, 0.15) is 0 Å². The van der Waals surface area contributed by atoms with Gasteiger partial charge in [-0.15, -0.1) is 0 Å². The van der Waals surface area contributed by atoms with Gasteiger partial charge in [-0.25, -0.2) is 0 Å². The van der Waals surface area contributed by atoms with Gasteiger partial charge in [0.2, 0.25) is 0 Å². The lowest BCUT2D eigenvalue weighted by atomic mass is 10.5. The molecule has 0 atom stereocenters. The molecule has 13 heavy (non-hydrogen) atoms. The van der Waals surface area contributed by atoms with Crippen molar-refractivity contribution in [1.82, 2.24) is 0 Å². The van der Waals surface area contributed by atoms with Crippen LogP contribution in [0.15, 0.2) is 0 Å². The molecule has 0 saturated heterocycles. The average Bonchev–Trinajstić information content (AvgIpc) is 2.20. The van der Waals surface area contributed by atoms with Gasteiger partial charge in [0, 0.05) is 34.0 Å². The molecule has 0 aromatic heterocycles. The number of hydrogen-bond acceptors (Lipinski definition) is 4. The molecule has 0 unspecified atom stereocenters. The van der Waals surface area contributed by atoms with Gasteiger partial charge in [-0.2, -0.15) is 0 Å². The fourth-order valence-electron chi connectivity index (χ4n) is 1.000. The summed E-state index contributed by atoms with van der Waals surface area (Å²) in [4.78, 5) is 0. The molecular formula is C8H20O4Si. The van der Waals surface area contributed by atoms with E-state index >= 15 is 0 Å². The van der Waals surface area contributed by atoms with Crippen LogP contribution in [-0.4, -0.2) is 43.3 Å². The molecule has 0 aliphatic rings. The second-order valence-electron chi connectivity index (χ2n) is 2.66. The summed E-state index contributed by atoms with van der Waals surface area (Å²) in [5, 5.41) is 0. The maximum atomic E-state index is 5.34. The Morgan fingerprint density at radius 3 is 1.85 bits per heavy atom. The molecule has 0 heterocycles. The molecule has 80 valence electrons. The summed E-state index contributed by atoms with van der Waals surface area (Å²) < 4.78 is 21.0. The van der Waals surface area contributed by atoms with Gasteiger partial charge in [-0.05, 0) is 6.42 Å². The topological polar surface area (TPSA) is 36.9 Å². The van der Waals surface area contributed by atoms with E-state index in [0.717, 1.165) is 13.0 Å². The molecule has 0 aromatic rings. The summed E-state index contributed by atoms with van der Waals surface area (Å²) in [6.45, 7) is 3.49. The summed E-state index contributed by atoms with van der Waals surface area (Å²) in [5.74, 6) is 0. The van der Waals surface area contributed by atoms with E-state index in [1.807, 2.05) is 0 Å². The number of rotatable bonds is 8. The van der Waals surface area contributed by atoms with Crippen LogP contribution in [0.4, 0.5) is 0 Å². The highest BCUT2D eigenvalue weighted by molar-refractivity contribution is 6.60. The molecule has 0 aromatic carbocycles. The van der Waals surface area contributed by atoms with Gasteiger partial charge < -0.3 is 18.0 Å². The van der Waals surface area contributed by atoms with Crippen LogP contribution < -0.4 is 0 Å². The second-order valence-corrected chi connectivity index (χ2v) is 5.75. The third-order valence-corrected chi connectivity index (χ3v) is 4.52. The van der Waals surface area contributed by atoms with Gasteiger partial charge in [0.15, 0.2) is 0 Å². The Labute approximate surface area is 81.5 Å². The Kier molecular flexibility index (Phi) is 7.49. The van der Waals surface area contributed by atoms with Crippen LogP contribution in [0.25, 0.3) is 0 Å². The van der Waals surface area contributed by atoms with Crippen LogP contribution in [-0.2, 0) is 18.0 Å². The van der Waals surface area contributed by atoms with E-state index in [9.17, 15) is 0 Å². The fourth-order valence-corrected chi connectivity index (χ4v) is 2.51. The average molecular weight is 208 g/mol. The van der Waals surface area contributed by atoms with E-state index in [4.69, 9.17) is 18.0 Å². The van der Waals surface area contributed by atoms with E-state index in [-0.39, 0.29) is 0 Å². The van der Waals surface area contributed by atoms with Crippen LogP contribution in [0.5, 0.6) is 0 Å². The summed E-state index contributed by atoms with van der Waals surface area (Å²) in [6, 6.07) is 0.705. The molecule has 0 spiro atoms. The summed E-state index contributed by atoms with van der Waals surface area (Å²) in [6.07, 6.45) is 1.03. The minimum atomic E-state index is -2.39. The van der Waals surface area contributed by atoms with Crippen LogP contribution >= 0.6 is 0 Å². The Morgan fingerprint density at radius 1 is 0.923 bits per heavy atom. The lowest BCUT2D eigenvalue weighted by Gasteiger charge is -2.23. The molecule has 0 amide bonds. The van der Waals surface area contributed by atoms with Crippen LogP contribution in [0.2, 0.25) is 6.04 Å². The van der Waals surface area contributed by atoms with Crippen LogP contribution in [0.1, 0.15) is 13.3 Å². The highest BCUT2D eigenvalue weighted by atomic mass is 28.4. The van der Waals surface area contributed by atoms with Crippen molar-refractivity contribution in [2.24, 2.45) is 0 Å². The molecule has 0 N–H and O–H groups in total. The van der Waals surface area contributed by atoms with Gasteiger partial charge in [-0.3, -0.25) is 0 Å². The summed E-state index contributed by atoms with van der Waals surface area (Å²) >= 11 is 0. The van der Waals surface area contributed by atoms with E-state index in [0.29, 0.717) is 12.7 Å². The number of hydrogen-bond donors (Lipinski definition) is 0. The zero-order valence-electron chi connectivity index (χ0n) is 8.96. The van der Waals surface area contributed by atoms with Gasteiger partial charge >= 0.3 is 8.80 Å². The smallest absolute Gasteiger partial charge is 0.381 e. The fraction of sp³-hybridized carbons (Fsp3) is 1.00. The predicted octanol–water partition coefficient (Wildman–Crippen LogP) is 1.29. The summed E-state index contributed by atoms with van der Waals surface area (Å²) in [7, 11) is 2.44. The Morgan fingerprint density at radius 2 is 1.46 bits per heavy atom. The van der Waals surface area contributed by atoms with Crippen molar-refractivity contribution in [3.8, 4) is 0 Å². The van der Waals surface area contributed by atoms with Gasteiger partial charge in [0.25, 0.3) is 0 Å². The minimum absolute atomic E-state index is 0.635. The first-order chi connectivity index (χ1) is 6.24. The molecule has 0 aliphatic carbocycles. The van der Waals surface area contributed by atoms with Crippen LogP contribution in [0.3, 0.4) is 0 Å². The highest BCUT2D eigenvalue weighted by Crippen LogP contribution is 2.12. The lowest BCUT2D eigenvalue weighted by molar-refractivity contribution is 0.0956. The zero-order chi connectivity index (χ0) is 10.2. The molecule has 5 heteroatoms. The van der Waals surface area contributed by atoms with Crippen molar-refractivity contribution in [1.29, 1.82) is 0 Å². The van der Waals surface area contributed by atoms with Gasteiger partial charge in [0.05, 0.1) is 6.61 Å². The first kappa shape index (κ1) is 13.1. The van der Waals surface area contributed by atoms with E-state index in [2.05, 4.69) is 6.92 Å². The quantitative estimate of drug-likeness (QED) is 0.445. The van der Waals surface area contributed by atoms with Crippen molar-refractivity contribution in [3.63, 3.8) is 0 Å². The molecular weight excluding hydrogens is 188 g/mol. The number of ether oxygens (including phenoxy) is 1. The van der Waals surface area contributed by atoms with Crippen molar-refractivity contribution in [2.75, 3.05) is 34.5 Å².